The van der Waals surface area contributed by atoms with Gasteiger partial charge in [-0.05, 0) is 18.6 Å². The quantitative estimate of drug-likeness (QED) is 0.924. The minimum atomic E-state index is 0.0384. The molecule has 0 radical (unpaired) electrons. The zero-order valence-corrected chi connectivity index (χ0v) is 11.2. The van der Waals surface area contributed by atoms with E-state index in [1.54, 1.807) is 12.3 Å². The molecule has 0 saturated heterocycles. The second kappa shape index (κ2) is 5.40. The van der Waals surface area contributed by atoms with Crippen LogP contribution in [0.5, 0.6) is 0 Å². The molecule has 2 aromatic heterocycles. The number of aromatic nitrogens is 2. The minimum Gasteiger partial charge on any atom is -0.350 e. The summed E-state index contributed by atoms with van der Waals surface area (Å²) >= 11 is 5.90. The number of rotatable bonds is 4. The molecular weight excluding hydrogens is 250 g/mol. The van der Waals surface area contributed by atoms with Crippen LogP contribution in [-0.4, -0.2) is 15.3 Å². The molecule has 1 atom stereocenters. The number of imidazole rings is 1. The molecule has 1 N–H and O–H groups in total. The molecule has 96 valence electrons. The molecule has 2 heterocycles. The average Bonchev–Trinajstić information content (AvgIpc) is 2.76. The summed E-state index contributed by atoms with van der Waals surface area (Å²) in [7, 11) is 0. The monoisotopic (exact) mass is 265 g/mol. The molecule has 1 amide bonds. The van der Waals surface area contributed by atoms with Crippen LogP contribution in [0, 0.1) is 5.92 Å². The summed E-state index contributed by atoms with van der Waals surface area (Å²) < 4.78 is 1.85. The smallest absolute Gasteiger partial charge is 0.223 e. The van der Waals surface area contributed by atoms with Crippen LogP contribution in [0.3, 0.4) is 0 Å². The van der Waals surface area contributed by atoms with Crippen LogP contribution in [0.1, 0.15) is 26.0 Å². The van der Waals surface area contributed by atoms with Gasteiger partial charge in [0.15, 0.2) is 0 Å². The summed E-state index contributed by atoms with van der Waals surface area (Å²) in [6, 6.07) is 3.65. The van der Waals surface area contributed by atoms with Gasteiger partial charge in [0.05, 0.1) is 17.3 Å². The zero-order valence-electron chi connectivity index (χ0n) is 10.5. The molecular formula is C13H16ClN3O. The molecule has 0 aliphatic heterocycles. The molecule has 18 heavy (non-hydrogen) atoms. The van der Waals surface area contributed by atoms with E-state index in [1.807, 2.05) is 30.5 Å². The maximum atomic E-state index is 11.6. The highest BCUT2D eigenvalue weighted by atomic mass is 35.5. The largest absolute Gasteiger partial charge is 0.350 e. The molecule has 5 heteroatoms. The molecule has 4 nitrogen and oxygen atoms in total. The van der Waals surface area contributed by atoms with Gasteiger partial charge in [-0.3, -0.25) is 4.79 Å². The Morgan fingerprint density at radius 3 is 3.00 bits per heavy atom. The standard InChI is InChI=1S/C13H16ClN3O/c1-3-9(2)13(18)15-6-11-8-17-7-10(14)4-5-12(17)16-11/h4-5,7-9H,3,6H2,1-2H3,(H,15,18). The van der Waals surface area contributed by atoms with Gasteiger partial charge in [0, 0.05) is 18.3 Å². The van der Waals surface area contributed by atoms with Crippen LogP contribution in [0.25, 0.3) is 5.65 Å². The maximum Gasteiger partial charge on any atom is 0.223 e. The van der Waals surface area contributed by atoms with Crippen molar-refractivity contribution in [2.75, 3.05) is 0 Å². The normalized spacial score (nSPS) is 12.6. The molecule has 0 saturated carbocycles. The number of fused-ring (bicyclic) bond motifs is 1. The lowest BCUT2D eigenvalue weighted by Crippen LogP contribution is -2.28. The summed E-state index contributed by atoms with van der Waals surface area (Å²) in [5, 5.41) is 3.54. The van der Waals surface area contributed by atoms with Gasteiger partial charge < -0.3 is 9.72 Å². The van der Waals surface area contributed by atoms with Crippen LogP contribution in [0.2, 0.25) is 5.02 Å². The van der Waals surface area contributed by atoms with Gasteiger partial charge in [-0.15, -0.1) is 0 Å². The number of pyridine rings is 1. The SMILES string of the molecule is CCC(C)C(=O)NCc1cn2cc(Cl)ccc2n1. The minimum absolute atomic E-state index is 0.0384. The Morgan fingerprint density at radius 2 is 2.28 bits per heavy atom. The van der Waals surface area contributed by atoms with Crippen LogP contribution < -0.4 is 5.32 Å². The number of nitrogens with one attached hydrogen (secondary N) is 1. The van der Waals surface area contributed by atoms with Gasteiger partial charge in [0.2, 0.25) is 5.91 Å². The van der Waals surface area contributed by atoms with E-state index < -0.39 is 0 Å². The Hall–Kier alpha value is -1.55. The van der Waals surface area contributed by atoms with Crippen LogP contribution in [0.15, 0.2) is 24.5 Å². The summed E-state index contributed by atoms with van der Waals surface area (Å²) in [4.78, 5) is 16.1. The van der Waals surface area contributed by atoms with Crippen molar-refractivity contribution in [3.63, 3.8) is 0 Å². The number of hydrogen-bond acceptors (Lipinski definition) is 2. The third-order valence-electron chi connectivity index (χ3n) is 2.97. The van der Waals surface area contributed by atoms with Crippen molar-refractivity contribution < 1.29 is 4.79 Å². The van der Waals surface area contributed by atoms with E-state index >= 15 is 0 Å². The molecule has 0 bridgehead atoms. The predicted molar refractivity (Wildman–Crippen MR) is 71.5 cm³/mol. The maximum absolute atomic E-state index is 11.6. The lowest BCUT2D eigenvalue weighted by atomic mass is 10.1. The molecule has 0 aliphatic rings. The molecule has 0 aliphatic carbocycles. The predicted octanol–water partition coefficient (Wildman–Crippen LogP) is 2.65. The van der Waals surface area contributed by atoms with Crippen molar-refractivity contribution in [3.05, 3.63) is 35.2 Å². The first kappa shape index (κ1) is 12.9. The van der Waals surface area contributed by atoms with Crippen molar-refractivity contribution in [1.29, 1.82) is 0 Å². The fraction of sp³-hybridized carbons (Fsp3) is 0.385. The van der Waals surface area contributed by atoms with E-state index in [-0.39, 0.29) is 11.8 Å². The van der Waals surface area contributed by atoms with Crippen LogP contribution in [-0.2, 0) is 11.3 Å². The van der Waals surface area contributed by atoms with E-state index in [2.05, 4.69) is 10.3 Å². The summed E-state index contributed by atoms with van der Waals surface area (Å²) in [6.07, 6.45) is 4.51. The Morgan fingerprint density at radius 1 is 1.50 bits per heavy atom. The topological polar surface area (TPSA) is 46.4 Å². The molecule has 0 fully saturated rings. The van der Waals surface area contributed by atoms with Gasteiger partial charge >= 0.3 is 0 Å². The third kappa shape index (κ3) is 2.82. The first-order valence-electron chi connectivity index (χ1n) is 6.01. The number of carbonyl (C=O) groups is 1. The van der Waals surface area contributed by atoms with E-state index in [9.17, 15) is 4.79 Å². The van der Waals surface area contributed by atoms with Gasteiger partial charge in [-0.1, -0.05) is 25.4 Å². The molecule has 1 unspecified atom stereocenters. The van der Waals surface area contributed by atoms with Crippen LogP contribution >= 0.6 is 11.6 Å². The second-order valence-corrected chi connectivity index (χ2v) is 4.81. The number of halogens is 1. The van der Waals surface area contributed by atoms with Crippen molar-refractivity contribution in [2.24, 2.45) is 5.92 Å². The Balaban J connectivity index is 2.06. The Bertz CT molecular complexity index is 564. The zero-order chi connectivity index (χ0) is 13.1. The fourth-order valence-corrected chi connectivity index (χ4v) is 1.81. The van der Waals surface area contributed by atoms with E-state index in [1.165, 1.54) is 0 Å². The van der Waals surface area contributed by atoms with Crippen molar-refractivity contribution >= 4 is 23.2 Å². The van der Waals surface area contributed by atoms with E-state index in [4.69, 9.17) is 11.6 Å². The molecule has 0 aromatic carbocycles. The highest BCUT2D eigenvalue weighted by Crippen LogP contribution is 2.11. The van der Waals surface area contributed by atoms with Crippen molar-refractivity contribution in [1.82, 2.24) is 14.7 Å². The number of carbonyl (C=O) groups excluding carboxylic acids is 1. The van der Waals surface area contributed by atoms with Crippen molar-refractivity contribution in [2.45, 2.75) is 26.8 Å². The molecule has 0 spiro atoms. The fourth-order valence-electron chi connectivity index (χ4n) is 1.64. The summed E-state index contributed by atoms with van der Waals surface area (Å²) in [5.41, 5.74) is 1.65. The summed E-state index contributed by atoms with van der Waals surface area (Å²) in [5.74, 6) is 0.101. The second-order valence-electron chi connectivity index (χ2n) is 4.37. The van der Waals surface area contributed by atoms with Gasteiger partial charge in [-0.25, -0.2) is 4.98 Å². The van der Waals surface area contributed by atoms with E-state index in [0.717, 1.165) is 17.8 Å². The highest BCUT2D eigenvalue weighted by molar-refractivity contribution is 6.30. The van der Waals surface area contributed by atoms with Gasteiger partial charge in [-0.2, -0.15) is 0 Å². The highest BCUT2D eigenvalue weighted by Gasteiger charge is 2.10. The lowest BCUT2D eigenvalue weighted by Gasteiger charge is -2.08. The van der Waals surface area contributed by atoms with Gasteiger partial charge in [0.1, 0.15) is 5.65 Å². The van der Waals surface area contributed by atoms with Gasteiger partial charge in [0.25, 0.3) is 0 Å². The lowest BCUT2D eigenvalue weighted by molar-refractivity contribution is -0.124. The van der Waals surface area contributed by atoms with Crippen molar-refractivity contribution in [3.8, 4) is 0 Å². The molecule has 2 aromatic rings. The number of hydrogen-bond donors (Lipinski definition) is 1. The average molecular weight is 266 g/mol. The number of amides is 1. The van der Waals surface area contributed by atoms with Crippen LogP contribution in [0.4, 0.5) is 0 Å². The molecule has 2 rings (SSSR count). The first-order valence-corrected chi connectivity index (χ1v) is 6.38. The third-order valence-corrected chi connectivity index (χ3v) is 3.19. The summed E-state index contributed by atoms with van der Waals surface area (Å²) in [6.45, 7) is 4.36. The first-order chi connectivity index (χ1) is 8.60. The van der Waals surface area contributed by atoms with E-state index in [0.29, 0.717) is 11.6 Å². The Labute approximate surface area is 111 Å². The number of nitrogens with zero attached hydrogens (tertiary/aromatic N) is 2. The Kier molecular flexibility index (Phi) is 3.87.